The maximum absolute atomic E-state index is 12.1. The molecule has 0 aliphatic rings. The van der Waals surface area contributed by atoms with Gasteiger partial charge >= 0.3 is 0 Å². The minimum Gasteiger partial charge on any atom is -0.486 e. The van der Waals surface area contributed by atoms with Crippen LogP contribution in [0.1, 0.15) is 25.9 Å². The molecule has 2 N–H and O–H groups in total. The Balaban J connectivity index is 1.84. The van der Waals surface area contributed by atoms with Gasteiger partial charge in [-0.05, 0) is 26.0 Å². The van der Waals surface area contributed by atoms with Crippen molar-refractivity contribution < 1.29 is 19.4 Å². The number of aromatic nitrogens is 1. The Kier molecular flexibility index (Phi) is 7.17. The lowest BCUT2D eigenvalue weighted by atomic mass is 10.2. The van der Waals surface area contributed by atoms with Crippen molar-refractivity contribution in [3.63, 3.8) is 0 Å². The summed E-state index contributed by atoms with van der Waals surface area (Å²) in [7, 11) is 0. The molecule has 0 spiro atoms. The molecule has 0 atom stereocenters. The van der Waals surface area contributed by atoms with Crippen molar-refractivity contribution in [3.8, 4) is 5.75 Å². The maximum Gasteiger partial charge on any atom is 0.263 e. The second-order valence-corrected chi connectivity index (χ2v) is 6.30. The molecule has 24 heavy (non-hydrogen) atoms. The van der Waals surface area contributed by atoms with Crippen molar-refractivity contribution in [2.45, 2.75) is 20.5 Å². The number of benzene rings is 1. The van der Waals surface area contributed by atoms with Crippen LogP contribution in [0, 0.1) is 13.8 Å². The summed E-state index contributed by atoms with van der Waals surface area (Å²) in [6, 6.07) is 7.80. The van der Waals surface area contributed by atoms with E-state index in [1.54, 1.807) is 0 Å². The van der Waals surface area contributed by atoms with E-state index in [-0.39, 0.29) is 19.1 Å². The molecule has 0 saturated heterocycles. The van der Waals surface area contributed by atoms with Gasteiger partial charge < -0.3 is 19.9 Å². The number of nitrogens with zero attached hydrogens (tertiary/aromatic N) is 1. The lowest BCUT2D eigenvalue weighted by molar-refractivity contribution is 0.0840. The number of rotatable bonds is 9. The minimum absolute atomic E-state index is 0.0216. The van der Waals surface area contributed by atoms with Crippen LogP contribution in [-0.4, -0.2) is 42.4 Å². The highest BCUT2D eigenvalue weighted by Crippen LogP contribution is 2.20. The Morgan fingerprint density at radius 3 is 2.71 bits per heavy atom. The van der Waals surface area contributed by atoms with E-state index in [0.29, 0.717) is 30.3 Å². The van der Waals surface area contributed by atoms with Gasteiger partial charge in [-0.2, -0.15) is 0 Å². The van der Waals surface area contributed by atoms with Crippen LogP contribution in [0.5, 0.6) is 5.75 Å². The Labute approximate surface area is 145 Å². The van der Waals surface area contributed by atoms with E-state index >= 15 is 0 Å². The molecular formula is C17H22N2O4S. The average Bonchev–Trinajstić information content (AvgIpc) is 2.95. The van der Waals surface area contributed by atoms with Crippen molar-refractivity contribution in [1.82, 2.24) is 10.3 Å². The molecule has 0 bridgehead atoms. The van der Waals surface area contributed by atoms with E-state index in [0.717, 1.165) is 10.8 Å². The molecule has 130 valence electrons. The largest absolute Gasteiger partial charge is 0.486 e. The summed E-state index contributed by atoms with van der Waals surface area (Å²) in [5.74, 6) is 0.611. The fourth-order valence-electron chi connectivity index (χ4n) is 1.99. The zero-order valence-corrected chi connectivity index (χ0v) is 14.7. The number of thiazole rings is 1. The second kappa shape index (κ2) is 9.36. The molecule has 2 aromatic rings. The number of aliphatic hydroxyl groups excluding tert-OH is 1. The summed E-state index contributed by atoms with van der Waals surface area (Å²) in [4.78, 5) is 17.1. The van der Waals surface area contributed by atoms with Crippen LogP contribution < -0.4 is 10.1 Å². The summed E-state index contributed by atoms with van der Waals surface area (Å²) in [6.45, 7) is 5.18. The lowest BCUT2D eigenvalue weighted by Gasteiger charge is -2.04. The van der Waals surface area contributed by atoms with E-state index in [1.165, 1.54) is 16.9 Å². The molecule has 1 heterocycles. The first-order chi connectivity index (χ1) is 11.6. The van der Waals surface area contributed by atoms with Crippen molar-refractivity contribution >= 4 is 17.2 Å². The van der Waals surface area contributed by atoms with Crippen LogP contribution in [0.15, 0.2) is 24.3 Å². The topological polar surface area (TPSA) is 80.7 Å². The van der Waals surface area contributed by atoms with Gasteiger partial charge in [0.05, 0.1) is 25.5 Å². The molecule has 1 aromatic heterocycles. The highest BCUT2D eigenvalue weighted by atomic mass is 32.1. The van der Waals surface area contributed by atoms with E-state index in [2.05, 4.69) is 10.3 Å². The quantitative estimate of drug-likeness (QED) is 0.677. The molecule has 2 rings (SSSR count). The van der Waals surface area contributed by atoms with Crippen LogP contribution in [0.2, 0.25) is 0 Å². The molecule has 0 unspecified atom stereocenters. The van der Waals surface area contributed by atoms with Crippen LogP contribution in [0.25, 0.3) is 0 Å². The summed E-state index contributed by atoms with van der Waals surface area (Å²) < 4.78 is 10.8. The summed E-state index contributed by atoms with van der Waals surface area (Å²) in [6.07, 6.45) is 0. The number of aryl methyl sites for hydroxylation is 2. The first kappa shape index (κ1) is 18.4. The second-order valence-electron chi connectivity index (χ2n) is 5.22. The minimum atomic E-state index is -0.167. The zero-order chi connectivity index (χ0) is 17.4. The number of aliphatic hydroxyl groups is 1. The Morgan fingerprint density at radius 2 is 2.00 bits per heavy atom. The number of hydrogen-bond donors (Lipinski definition) is 2. The highest BCUT2D eigenvalue weighted by Gasteiger charge is 2.15. The number of amides is 1. The number of ether oxygens (including phenoxy) is 2. The van der Waals surface area contributed by atoms with Crippen LogP contribution >= 0.6 is 11.3 Å². The molecule has 6 nitrogen and oxygen atoms in total. The molecule has 0 fully saturated rings. The van der Waals surface area contributed by atoms with E-state index in [9.17, 15) is 4.79 Å². The van der Waals surface area contributed by atoms with Crippen molar-refractivity contribution in [1.29, 1.82) is 0 Å². The van der Waals surface area contributed by atoms with Crippen LogP contribution in [0.4, 0.5) is 0 Å². The van der Waals surface area contributed by atoms with Gasteiger partial charge in [0.2, 0.25) is 0 Å². The Hall–Kier alpha value is -1.96. The number of carbonyl (C=O) groups excluding carboxylic acids is 1. The highest BCUT2D eigenvalue weighted by molar-refractivity contribution is 7.13. The van der Waals surface area contributed by atoms with Gasteiger partial charge in [0, 0.05) is 6.54 Å². The van der Waals surface area contributed by atoms with Gasteiger partial charge in [-0.3, -0.25) is 4.79 Å². The monoisotopic (exact) mass is 350 g/mol. The number of carbonyl (C=O) groups is 1. The van der Waals surface area contributed by atoms with E-state index < -0.39 is 0 Å². The van der Waals surface area contributed by atoms with Gasteiger partial charge in [-0.25, -0.2) is 4.98 Å². The molecule has 0 radical (unpaired) electrons. The fraction of sp³-hybridized carbons (Fsp3) is 0.412. The van der Waals surface area contributed by atoms with E-state index in [4.69, 9.17) is 14.6 Å². The summed E-state index contributed by atoms with van der Waals surface area (Å²) >= 11 is 1.33. The third-order valence-corrected chi connectivity index (χ3v) is 4.33. The third-order valence-electron chi connectivity index (χ3n) is 3.20. The number of nitrogens with one attached hydrogen (secondary N) is 1. The fourth-order valence-corrected chi connectivity index (χ4v) is 2.88. The molecule has 7 heteroatoms. The Bertz CT molecular complexity index is 655. The lowest BCUT2D eigenvalue weighted by Crippen LogP contribution is -2.27. The molecule has 0 saturated carbocycles. The predicted molar refractivity (Wildman–Crippen MR) is 92.6 cm³/mol. The maximum atomic E-state index is 12.1. The smallest absolute Gasteiger partial charge is 0.263 e. The van der Waals surface area contributed by atoms with Crippen molar-refractivity contribution in [2.75, 3.05) is 26.4 Å². The normalized spacial score (nSPS) is 10.6. The van der Waals surface area contributed by atoms with Crippen molar-refractivity contribution in [2.24, 2.45) is 0 Å². The molecule has 1 aromatic carbocycles. The average molecular weight is 350 g/mol. The first-order valence-corrected chi connectivity index (χ1v) is 8.54. The molecular weight excluding hydrogens is 328 g/mol. The Morgan fingerprint density at radius 1 is 1.25 bits per heavy atom. The molecule has 1 amide bonds. The van der Waals surface area contributed by atoms with Gasteiger partial charge in [0.25, 0.3) is 5.91 Å². The standard InChI is InChI=1S/C17H22N2O4S/c1-12-3-5-14(6-4-12)23-11-15-19-13(2)16(24-15)17(21)18-7-9-22-10-8-20/h3-6,20H,7-11H2,1-2H3,(H,18,21). The van der Waals surface area contributed by atoms with Crippen molar-refractivity contribution in [3.05, 3.63) is 45.4 Å². The molecule has 0 aliphatic heterocycles. The first-order valence-electron chi connectivity index (χ1n) is 7.72. The van der Waals surface area contributed by atoms with Gasteiger partial charge in [-0.15, -0.1) is 11.3 Å². The van der Waals surface area contributed by atoms with Gasteiger partial charge in [0.15, 0.2) is 0 Å². The summed E-state index contributed by atoms with van der Waals surface area (Å²) in [5, 5.41) is 12.1. The number of hydrogen-bond acceptors (Lipinski definition) is 6. The van der Waals surface area contributed by atoms with Gasteiger partial charge in [-0.1, -0.05) is 17.7 Å². The zero-order valence-electron chi connectivity index (χ0n) is 13.9. The van der Waals surface area contributed by atoms with E-state index in [1.807, 2.05) is 38.1 Å². The van der Waals surface area contributed by atoms with Crippen LogP contribution in [0.3, 0.4) is 0 Å². The van der Waals surface area contributed by atoms with Gasteiger partial charge in [0.1, 0.15) is 22.2 Å². The third kappa shape index (κ3) is 5.59. The predicted octanol–water partition coefficient (Wildman–Crippen LogP) is 2.08. The SMILES string of the molecule is Cc1ccc(OCc2nc(C)c(C(=O)NCCOCCO)s2)cc1. The summed E-state index contributed by atoms with van der Waals surface area (Å²) in [5.41, 5.74) is 1.87. The molecule has 0 aliphatic carbocycles. The van der Waals surface area contributed by atoms with Crippen LogP contribution in [-0.2, 0) is 11.3 Å².